The third-order valence-electron chi connectivity index (χ3n) is 5.24. The number of sulfonamides is 1. The second-order valence-corrected chi connectivity index (χ2v) is 9.98. The Kier molecular flexibility index (Phi) is 7.66. The number of ether oxygens (including phenoxy) is 1. The maximum absolute atomic E-state index is 13.0. The highest BCUT2D eigenvalue weighted by Gasteiger charge is 2.21. The molecule has 0 unspecified atom stereocenters. The van der Waals surface area contributed by atoms with E-state index in [1.165, 1.54) is 23.8 Å². The molecule has 0 saturated heterocycles. The Labute approximate surface area is 200 Å². The maximum Gasteiger partial charge on any atom is 0.263 e. The fraction of sp³-hybridized carbons (Fsp3) is 0.240. The molecule has 1 amide bonds. The molecule has 33 heavy (non-hydrogen) atoms. The van der Waals surface area contributed by atoms with E-state index in [1.807, 2.05) is 58.0 Å². The lowest BCUT2D eigenvalue weighted by Gasteiger charge is -2.13. The van der Waals surface area contributed by atoms with Gasteiger partial charge in [0, 0.05) is 5.56 Å². The first kappa shape index (κ1) is 24.6. The summed E-state index contributed by atoms with van der Waals surface area (Å²) in [7, 11) is -3.99. The fourth-order valence-corrected chi connectivity index (χ4v) is 4.88. The van der Waals surface area contributed by atoms with Gasteiger partial charge in [-0.05, 0) is 80.8 Å². The van der Waals surface area contributed by atoms with E-state index < -0.39 is 15.9 Å². The Balaban J connectivity index is 1.66. The molecule has 0 atom stereocenters. The normalized spacial score (nSPS) is 11.2. The van der Waals surface area contributed by atoms with Gasteiger partial charge >= 0.3 is 0 Å². The fourth-order valence-electron chi connectivity index (χ4n) is 3.22. The molecule has 0 aliphatic rings. The topological polar surface area (TPSA) is 84.5 Å². The standard InChI is InChI=1S/C25H27ClN2O4S/c1-16-5-10-23(19(4)13-16)28-33(30,31)24-15-20(7-9-22(24)26)25(29)27-11-12-32-21-8-6-17(2)18(3)14-21/h5-10,13-15,28H,11-12H2,1-4H3,(H,27,29). The molecule has 3 aromatic carbocycles. The second-order valence-electron chi connectivity index (χ2n) is 7.92. The molecule has 0 aliphatic carbocycles. The van der Waals surface area contributed by atoms with E-state index >= 15 is 0 Å². The average molecular weight is 487 g/mol. The van der Waals surface area contributed by atoms with Crippen molar-refractivity contribution in [3.05, 3.63) is 87.4 Å². The molecular formula is C25H27ClN2O4S. The lowest BCUT2D eigenvalue weighted by Crippen LogP contribution is -2.28. The van der Waals surface area contributed by atoms with Gasteiger partial charge in [-0.1, -0.05) is 35.4 Å². The van der Waals surface area contributed by atoms with Gasteiger partial charge in [0.05, 0.1) is 17.3 Å². The molecule has 0 radical (unpaired) electrons. The van der Waals surface area contributed by atoms with Gasteiger partial charge in [0.2, 0.25) is 0 Å². The zero-order valence-corrected chi connectivity index (χ0v) is 20.6. The Morgan fingerprint density at radius 2 is 1.67 bits per heavy atom. The van der Waals surface area contributed by atoms with Crippen molar-refractivity contribution in [2.24, 2.45) is 0 Å². The van der Waals surface area contributed by atoms with Crippen LogP contribution in [0.3, 0.4) is 0 Å². The van der Waals surface area contributed by atoms with Gasteiger partial charge < -0.3 is 10.1 Å². The van der Waals surface area contributed by atoms with Crippen molar-refractivity contribution in [2.75, 3.05) is 17.9 Å². The molecule has 0 saturated carbocycles. The summed E-state index contributed by atoms with van der Waals surface area (Å²) in [6.45, 7) is 8.31. The molecule has 8 heteroatoms. The molecule has 2 N–H and O–H groups in total. The molecule has 0 aliphatic heterocycles. The minimum Gasteiger partial charge on any atom is -0.492 e. The van der Waals surface area contributed by atoms with Crippen molar-refractivity contribution in [1.82, 2.24) is 5.32 Å². The van der Waals surface area contributed by atoms with Crippen LogP contribution >= 0.6 is 11.6 Å². The Hall–Kier alpha value is -3.03. The van der Waals surface area contributed by atoms with Gasteiger partial charge in [0.1, 0.15) is 17.3 Å². The number of rotatable bonds is 8. The molecule has 174 valence electrons. The Bertz CT molecular complexity index is 1290. The molecule has 3 rings (SSSR count). The molecule has 6 nitrogen and oxygen atoms in total. The summed E-state index contributed by atoms with van der Waals surface area (Å²) in [5.41, 5.74) is 4.75. The van der Waals surface area contributed by atoms with Crippen LogP contribution in [-0.4, -0.2) is 27.5 Å². The summed E-state index contributed by atoms with van der Waals surface area (Å²) in [5, 5.41) is 2.77. The van der Waals surface area contributed by atoms with Crippen molar-refractivity contribution in [1.29, 1.82) is 0 Å². The SMILES string of the molecule is Cc1ccc(NS(=O)(=O)c2cc(C(=O)NCCOc3ccc(C)c(C)c3)ccc2Cl)c(C)c1. The molecule has 0 spiro atoms. The van der Waals surface area contributed by atoms with E-state index in [1.54, 1.807) is 6.07 Å². The highest BCUT2D eigenvalue weighted by atomic mass is 35.5. The number of halogens is 1. The average Bonchev–Trinajstić information content (AvgIpc) is 2.75. The van der Waals surface area contributed by atoms with E-state index in [4.69, 9.17) is 16.3 Å². The summed E-state index contributed by atoms with van der Waals surface area (Å²) in [5.74, 6) is 0.308. The van der Waals surface area contributed by atoms with Crippen molar-refractivity contribution >= 4 is 33.2 Å². The maximum atomic E-state index is 13.0. The summed E-state index contributed by atoms with van der Waals surface area (Å²) in [6.07, 6.45) is 0. The van der Waals surface area contributed by atoms with Crippen LogP contribution in [0.1, 0.15) is 32.6 Å². The first-order chi connectivity index (χ1) is 15.6. The smallest absolute Gasteiger partial charge is 0.263 e. The van der Waals surface area contributed by atoms with Crippen molar-refractivity contribution < 1.29 is 17.9 Å². The molecular weight excluding hydrogens is 460 g/mol. The third kappa shape index (κ3) is 6.27. The quantitative estimate of drug-likeness (QED) is 0.429. The highest BCUT2D eigenvalue weighted by molar-refractivity contribution is 7.92. The van der Waals surface area contributed by atoms with E-state index in [2.05, 4.69) is 10.0 Å². The molecule has 0 heterocycles. The van der Waals surface area contributed by atoms with Gasteiger partial charge in [-0.25, -0.2) is 8.42 Å². The number of aryl methyl sites for hydroxylation is 4. The van der Waals surface area contributed by atoms with Crippen LogP contribution in [-0.2, 0) is 10.0 Å². The van der Waals surface area contributed by atoms with E-state index in [0.717, 1.165) is 22.4 Å². The number of hydrogen-bond donors (Lipinski definition) is 2. The van der Waals surface area contributed by atoms with Crippen LogP contribution in [0.25, 0.3) is 0 Å². The van der Waals surface area contributed by atoms with Crippen LogP contribution in [0.5, 0.6) is 5.75 Å². The predicted molar refractivity (Wildman–Crippen MR) is 132 cm³/mol. The second kappa shape index (κ2) is 10.3. The minimum atomic E-state index is -3.99. The van der Waals surface area contributed by atoms with Crippen LogP contribution in [0.15, 0.2) is 59.5 Å². The minimum absolute atomic E-state index is 0.0295. The lowest BCUT2D eigenvalue weighted by molar-refractivity contribution is 0.0947. The summed E-state index contributed by atoms with van der Waals surface area (Å²) in [6, 6.07) is 15.3. The molecule has 0 bridgehead atoms. The highest BCUT2D eigenvalue weighted by Crippen LogP contribution is 2.26. The van der Waals surface area contributed by atoms with Gasteiger partial charge in [0.15, 0.2) is 0 Å². The van der Waals surface area contributed by atoms with Crippen LogP contribution in [0.2, 0.25) is 5.02 Å². The Morgan fingerprint density at radius 3 is 2.36 bits per heavy atom. The van der Waals surface area contributed by atoms with Crippen molar-refractivity contribution in [3.8, 4) is 5.75 Å². The zero-order valence-electron chi connectivity index (χ0n) is 19.0. The predicted octanol–water partition coefficient (Wildman–Crippen LogP) is 5.18. The number of carbonyl (C=O) groups excluding carboxylic acids is 1. The van der Waals surface area contributed by atoms with Crippen molar-refractivity contribution in [2.45, 2.75) is 32.6 Å². The van der Waals surface area contributed by atoms with Gasteiger partial charge in [-0.15, -0.1) is 0 Å². The number of amides is 1. The van der Waals surface area contributed by atoms with Gasteiger partial charge in [-0.2, -0.15) is 0 Å². The van der Waals surface area contributed by atoms with E-state index in [9.17, 15) is 13.2 Å². The van der Waals surface area contributed by atoms with Gasteiger partial charge in [-0.3, -0.25) is 9.52 Å². The number of benzene rings is 3. The van der Waals surface area contributed by atoms with Crippen LogP contribution in [0, 0.1) is 27.7 Å². The molecule has 3 aromatic rings. The number of hydrogen-bond acceptors (Lipinski definition) is 4. The van der Waals surface area contributed by atoms with E-state index in [0.29, 0.717) is 5.69 Å². The van der Waals surface area contributed by atoms with Gasteiger partial charge in [0.25, 0.3) is 15.9 Å². The number of nitrogens with one attached hydrogen (secondary N) is 2. The van der Waals surface area contributed by atoms with Crippen LogP contribution < -0.4 is 14.8 Å². The van der Waals surface area contributed by atoms with Crippen LogP contribution in [0.4, 0.5) is 5.69 Å². The monoisotopic (exact) mass is 486 g/mol. The van der Waals surface area contributed by atoms with E-state index in [-0.39, 0.29) is 28.6 Å². The van der Waals surface area contributed by atoms with Crippen molar-refractivity contribution in [3.63, 3.8) is 0 Å². The first-order valence-corrected chi connectivity index (χ1v) is 12.3. The Morgan fingerprint density at radius 1 is 0.909 bits per heavy atom. The summed E-state index contributed by atoms with van der Waals surface area (Å²) < 4.78 is 34.1. The lowest BCUT2D eigenvalue weighted by atomic mass is 10.1. The first-order valence-electron chi connectivity index (χ1n) is 10.4. The number of anilines is 1. The molecule has 0 aromatic heterocycles. The summed E-state index contributed by atoms with van der Waals surface area (Å²) >= 11 is 6.16. The molecule has 0 fully saturated rings. The summed E-state index contributed by atoms with van der Waals surface area (Å²) in [4.78, 5) is 12.4. The number of carbonyl (C=O) groups is 1. The largest absolute Gasteiger partial charge is 0.492 e. The zero-order chi connectivity index (χ0) is 24.2. The third-order valence-corrected chi connectivity index (χ3v) is 7.09.